The van der Waals surface area contributed by atoms with Gasteiger partial charge >= 0.3 is 6.18 Å². The highest BCUT2D eigenvalue weighted by Crippen LogP contribution is 2.59. The summed E-state index contributed by atoms with van der Waals surface area (Å²) in [7, 11) is -4.09. The first-order chi connectivity index (χ1) is 17.3. The third kappa shape index (κ3) is 4.40. The maximum absolute atomic E-state index is 13.7. The Kier molecular flexibility index (Phi) is 5.91. The number of nitrogens with one attached hydrogen (secondary N) is 1. The predicted molar refractivity (Wildman–Crippen MR) is 127 cm³/mol. The lowest BCUT2D eigenvalue weighted by Gasteiger charge is -2.29. The maximum Gasteiger partial charge on any atom is 0.403 e. The quantitative estimate of drug-likeness (QED) is 0.587. The van der Waals surface area contributed by atoms with Gasteiger partial charge in [-0.05, 0) is 56.7 Å². The third-order valence-corrected chi connectivity index (χ3v) is 10.5. The highest BCUT2D eigenvalue weighted by molar-refractivity contribution is 7.92. The van der Waals surface area contributed by atoms with Crippen molar-refractivity contribution in [3.05, 3.63) is 35.5 Å². The van der Waals surface area contributed by atoms with Crippen molar-refractivity contribution >= 4 is 33.0 Å². The molecule has 1 N–H and O–H groups in total. The zero-order chi connectivity index (χ0) is 26.8. The minimum atomic E-state index is -4.81. The zero-order valence-electron chi connectivity index (χ0n) is 19.7. The van der Waals surface area contributed by atoms with Crippen LogP contribution in [0.3, 0.4) is 0 Å². The van der Waals surface area contributed by atoms with Gasteiger partial charge in [0.05, 0.1) is 26.1 Å². The number of sulfone groups is 1. The second kappa shape index (κ2) is 8.52. The first kappa shape index (κ1) is 25.7. The van der Waals surface area contributed by atoms with Gasteiger partial charge in [0.1, 0.15) is 17.0 Å². The molecule has 8 nitrogen and oxygen atoms in total. The summed E-state index contributed by atoms with van der Waals surface area (Å²) in [5, 5.41) is 11.4. The van der Waals surface area contributed by atoms with E-state index in [9.17, 15) is 36.4 Å². The summed E-state index contributed by atoms with van der Waals surface area (Å²) in [6, 6.07) is 6.61. The van der Waals surface area contributed by atoms with Crippen LogP contribution in [0.1, 0.15) is 37.1 Å². The second-order valence-electron chi connectivity index (χ2n) is 9.91. The van der Waals surface area contributed by atoms with Crippen LogP contribution in [0.15, 0.2) is 35.4 Å². The average Bonchev–Trinajstić information content (AvgIpc) is 3.73. The summed E-state index contributed by atoms with van der Waals surface area (Å²) >= 11 is 1.44. The fraction of sp³-hybridized carbons (Fsp3) is 0.500. The Labute approximate surface area is 215 Å². The van der Waals surface area contributed by atoms with Crippen LogP contribution in [0, 0.1) is 23.7 Å². The van der Waals surface area contributed by atoms with E-state index in [1.807, 2.05) is 13.0 Å². The number of thiazole rings is 1. The fourth-order valence-corrected chi connectivity index (χ4v) is 7.19. The molecule has 13 heteroatoms. The van der Waals surface area contributed by atoms with Gasteiger partial charge in [-0.2, -0.15) is 18.4 Å². The van der Waals surface area contributed by atoms with Gasteiger partial charge in [-0.1, -0.05) is 12.1 Å². The van der Waals surface area contributed by atoms with Crippen molar-refractivity contribution in [3.63, 3.8) is 0 Å². The number of likely N-dealkylation sites (tertiary alicyclic amines) is 1. The number of amides is 2. The normalized spacial score (nSPS) is 23.8. The van der Waals surface area contributed by atoms with Crippen molar-refractivity contribution in [2.24, 2.45) is 5.41 Å². The highest BCUT2D eigenvalue weighted by Gasteiger charge is 2.70. The van der Waals surface area contributed by atoms with Crippen LogP contribution in [0.2, 0.25) is 0 Å². The minimum absolute atomic E-state index is 0.0522. The number of aromatic nitrogens is 1. The molecule has 1 saturated heterocycles. The highest BCUT2D eigenvalue weighted by atomic mass is 32.2. The number of benzene rings is 1. The molecule has 1 aromatic carbocycles. The zero-order valence-corrected chi connectivity index (χ0v) is 21.3. The van der Waals surface area contributed by atoms with E-state index in [-0.39, 0.29) is 11.3 Å². The molecule has 3 fully saturated rings. The molecule has 0 radical (unpaired) electrons. The number of hydrogen-bond donors (Lipinski definition) is 1. The standard InChI is InChI=1S/C24H23F3N4O4S2/c1-14-29-11-19(36-14)15-2-4-16(5-3-15)37(34,35)17-10-18(20(32)30-22(13-28)6-7-22)31(12-17)21(33)23(8-9-23)24(25,26)27/h2-5,11,17-18H,6-10,12H2,1H3,(H,30,32)/t17-,18+/m1/s1. The van der Waals surface area contributed by atoms with E-state index in [2.05, 4.69) is 10.3 Å². The van der Waals surface area contributed by atoms with Crippen LogP contribution in [-0.2, 0) is 19.4 Å². The topological polar surface area (TPSA) is 120 Å². The van der Waals surface area contributed by atoms with Gasteiger partial charge in [-0.15, -0.1) is 11.3 Å². The summed E-state index contributed by atoms with van der Waals surface area (Å²) in [6.45, 7) is 1.31. The van der Waals surface area contributed by atoms with Crippen molar-refractivity contribution in [2.45, 2.75) is 66.9 Å². The summed E-state index contributed by atoms with van der Waals surface area (Å²) in [5.41, 5.74) is -2.95. The molecule has 37 heavy (non-hydrogen) atoms. The molecule has 1 aliphatic heterocycles. The first-order valence-corrected chi connectivity index (χ1v) is 14.1. The monoisotopic (exact) mass is 552 g/mol. The number of alkyl halides is 3. The van der Waals surface area contributed by atoms with Crippen molar-refractivity contribution in [2.75, 3.05) is 6.54 Å². The predicted octanol–water partition coefficient (Wildman–Crippen LogP) is 3.38. The molecular weight excluding hydrogens is 529 g/mol. The molecule has 3 aliphatic rings. The van der Waals surface area contributed by atoms with Gasteiger partial charge in [0.15, 0.2) is 9.84 Å². The van der Waals surface area contributed by atoms with Crippen molar-refractivity contribution in [1.82, 2.24) is 15.2 Å². The molecule has 0 bridgehead atoms. The Bertz CT molecular complexity index is 1400. The molecule has 1 aromatic heterocycles. The van der Waals surface area contributed by atoms with E-state index in [1.54, 1.807) is 18.3 Å². The van der Waals surface area contributed by atoms with Crippen molar-refractivity contribution in [1.29, 1.82) is 5.26 Å². The van der Waals surface area contributed by atoms with Gasteiger partial charge in [0, 0.05) is 12.7 Å². The van der Waals surface area contributed by atoms with Gasteiger partial charge in [-0.3, -0.25) is 9.59 Å². The molecule has 5 rings (SSSR count). The molecule has 2 amide bonds. The molecule has 0 unspecified atom stereocenters. The molecule has 2 heterocycles. The maximum atomic E-state index is 13.7. The number of aryl methyl sites for hydroxylation is 1. The number of rotatable bonds is 6. The van der Waals surface area contributed by atoms with Crippen molar-refractivity contribution < 1.29 is 31.2 Å². The molecule has 2 aliphatic carbocycles. The molecule has 2 atom stereocenters. The van der Waals surface area contributed by atoms with Crippen molar-refractivity contribution in [3.8, 4) is 16.5 Å². The van der Waals surface area contributed by atoms with Gasteiger partial charge in [-0.25, -0.2) is 13.4 Å². The molecule has 2 saturated carbocycles. The first-order valence-electron chi connectivity index (χ1n) is 11.7. The van der Waals surface area contributed by atoms with E-state index in [0.717, 1.165) is 20.3 Å². The lowest BCUT2D eigenvalue weighted by atomic mass is 10.0. The van der Waals surface area contributed by atoms with Crippen LogP contribution in [0.25, 0.3) is 10.4 Å². The number of nitriles is 1. The molecule has 2 aromatic rings. The lowest BCUT2D eigenvalue weighted by molar-refractivity contribution is -0.199. The van der Waals surface area contributed by atoms with Gasteiger partial charge < -0.3 is 10.2 Å². The molecule has 0 spiro atoms. The molecule has 196 valence electrons. The van der Waals surface area contributed by atoms with Crippen LogP contribution in [-0.4, -0.2) is 59.7 Å². The van der Waals surface area contributed by atoms with E-state index in [1.165, 1.54) is 23.5 Å². The van der Waals surface area contributed by atoms with Crippen LogP contribution < -0.4 is 5.32 Å². The number of carbonyl (C=O) groups excluding carboxylic acids is 2. The van der Waals surface area contributed by atoms with E-state index >= 15 is 0 Å². The average molecular weight is 553 g/mol. The Morgan fingerprint density at radius 3 is 2.32 bits per heavy atom. The van der Waals surface area contributed by atoms with Crippen LogP contribution in [0.4, 0.5) is 13.2 Å². The second-order valence-corrected chi connectivity index (χ2v) is 13.4. The van der Waals surface area contributed by atoms with E-state index in [0.29, 0.717) is 12.8 Å². The SMILES string of the molecule is Cc1ncc(-c2ccc(S(=O)(=O)[C@@H]3C[C@@H](C(=O)NC4(C#N)CC4)N(C(=O)C4(C(F)(F)F)CC4)C3)cc2)s1. The van der Waals surface area contributed by atoms with Crippen LogP contribution >= 0.6 is 11.3 Å². The van der Waals surface area contributed by atoms with Gasteiger partial charge in [0.25, 0.3) is 0 Å². The summed E-state index contributed by atoms with van der Waals surface area (Å²) in [5.74, 6) is -2.09. The Balaban J connectivity index is 1.42. The number of carbonyl (C=O) groups is 2. The fourth-order valence-electron chi connectivity index (χ4n) is 4.72. The smallest absolute Gasteiger partial charge is 0.336 e. The Morgan fingerprint density at radius 1 is 1.19 bits per heavy atom. The minimum Gasteiger partial charge on any atom is -0.336 e. The number of hydrogen-bond acceptors (Lipinski definition) is 7. The number of nitrogens with zero attached hydrogens (tertiary/aromatic N) is 3. The third-order valence-electron chi connectivity index (χ3n) is 7.38. The number of halogens is 3. The van der Waals surface area contributed by atoms with Crippen LogP contribution in [0.5, 0.6) is 0 Å². The Hall–Kier alpha value is -2.98. The Morgan fingerprint density at radius 2 is 1.84 bits per heavy atom. The summed E-state index contributed by atoms with van der Waals surface area (Å²) in [6.07, 6.45) is -3.53. The molecular formula is C24H23F3N4O4S2. The van der Waals surface area contributed by atoms with E-state index < -0.39 is 69.5 Å². The summed E-state index contributed by atoms with van der Waals surface area (Å²) in [4.78, 5) is 31.9. The lowest BCUT2D eigenvalue weighted by Crippen LogP contribution is -2.53. The van der Waals surface area contributed by atoms with E-state index in [4.69, 9.17) is 0 Å². The summed E-state index contributed by atoms with van der Waals surface area (Å²) < 4.78 is 68.1. The van der Waals surface area contributed by atoms with Gasteiger partial charge in [0.2, 0.25) is 11.8 Å². The largest absolute Gasteiger partial charge is 0.403 e.